The van der Waals surface area contributed by atoms with Crippen LogP contribution >= 0.6 is 15.9 Å². The van der Waals surface area contributed by atoms with Crippen LogP contribution in [0, 0.1) is 12.8 Å². The fraction of sp³-hybridized carbons (Fsp3) is 0.647. The Hall–Kier alpha value is -0.380. The van der Waals surface area contributed by atoms with Gasteiger partial charge in [0.15, 0.2) is 0 Å². The summed E-state index contributed by atoms with van der Waals surface area (Å²) in [5.41, 5.74) is 2.52. The van der Waals surface area contributed by atoms with Crippen molar-refractivity contribution in [3.8, 4) is 0 Å². The fourth-order valence-electron chi connectivity index (χ4n) is 3.64. The SMILES string of the molecule is CNC(c1cc(Br)ccc1C)C1CC(C)(C)OC1(C)C. The molecule has 1 heterocycles. The van der Waals surface area contributed by atoms with Crippen molar-refractivity contribution in [3.05, 3.63) is 33.8 Å². The quantitative estimate of drug-likeness (QED) is 0.867. The van der Waals surface area contributed by atoms with Gasteiger partial charge in [0.2, 0.25) is 0 Å². The van der Waals surface area contributed by atoms with Gasteiger partial charge in [-0.1, -0.05) is 22.0 Å². The standard InChI is InChI=1S/C17H26BrNO/c1-11-7-8-12(18)9-13(11)15(19-6)14-10-16(2,3)20-17(14,4)5/h7-9,14-15,19H,10H2,1-6H3. The molecule has 2 atom stereocenters. The van der Waals surface area contributed by atoms with Crippen LogP contribution in [0.25, 0.3) is 0 Å². The molecule has 1 aromatic rings. The summed E-state index contributed by atoms with van der Waals surface area (Å²) >= 11 is 3.59. The molecule has 1 fully saturated rings. The van der Waals surface area contributed by atoms with Crippen LogP contribution in [0.3, 0.4) is 0 Å². The zero-order chi connectivity index (χ0) is 15.1. The molecule has 0 bridgehead atoms. The molecule has 1 aromatic carbocycles. The van der Waals surface area contributed by atoms with Crippen LogP contribution in [-0.4, -0.2) is 18.2 Å². The molecule has 20 heavy (non-hydrogen) atoms. The Labute approximate surface area is 131 Å². The maximum Gasteiger partial charge on any atom is 0.0681 e. The Morgan fingerprint density at radius 3 is 2.45 bits per heavy atom. The second kappa shape index (κ2) is 5.43. The van der Waals surface area contributed by atoms with Crippen molar-refractivity contribution in [2.24, 2.45) is 5.92 Å². The number of halogens is 1. The summed E-state index contributed by atoms with van der Waals surface area (Å²) < 4.78 is 7.41. The first-order valence-electron chi connectivity index (χ1n) is 7.30. The van der Waals surface area contributed by atoms with Crippen molar-refractivity contribution in [1.82, 2.24) is 5.32 Å². The molecule has 2 unspecified atom stereocenters. The van der Waals surface area contributed by atoms with Crippen molar-refractivity contribution in [2.45, 2.75) is 58.3 Å². The first kappa shape index (κ1) is 16.0. The zero-order valence-electron chi connectivity index (χ0n) is 13.4. The molecule has 1 aliphatic heterocycles. The van der Waals surface area contributed by atoms with Gasteiger partial charge in [0.1, 0.15) is 0 Å². The first-order chi connectivity index (χ1) is 9.16. The van der Waals surface area contributed by atoms with Crippen LogP contribution in [0.1, 0.15) is 51.3 Å². The van der Waals surface area contributed by atoms with Crippen molar-refractivity contribution >= 4 is 15.9 Å². The predicted octanol–water partition coefficient (Wildman–Crippen LogP) is 4.61. The molecule has 0 amide bonds. The molecule has 0 aliphatic carbocycles. The number of nitrogens with one attached hydrogen (secondary N) is 1. The molecular weight excluding hydrogens is 314 g/mol. The van der Waals surface area contributed by atoms with Crippen LogP contribution in [0.5, 0.6) is 0 Å². The Kier molecular flexibility index (Phi) is 4.35. The summed E-state index contributed by atoms with van der Waals surface area (Å²) in [5, 5.41) is 3.52. The Bertz CT molecular complexity index is 496. The van der Waals surface area contributed by atoms with Crippen LogP contribution in [0.4, 0.5) is 0 Å². The molecule has 112 valence electrons. The molecule has 0 saturated carbocycles. The van der Waals surface area contributed by atoms with Crippen LogP contribution in [-0.2, 0) is 4.74 Å². The smallest absolute Gasteiger partial charge is 0.0681 e. The lowest BCUT2D eigenvalue weighted by molar-refractivity contribution is -0.0776. The number of rotatable bonds is 3. The van der Waals surface area contributed by atoms with E-state index in [1.807, 2.05) is 7.05 Å². The van der Waals surface area contributed by atoms with Crippen molar-refractivity contribution in [3.63, 3.8) is 0 Å². The van der Waals surface area contributed by atoms with E-state index in [2.05, 4.69) is 74.1 Å². The monoisotopic (exact) mass is 339 g/mol. The van der Waals surface area contributed by atoms with Crippen LogP contribution in [0.2, 0.25) is 0 Å². The van der Waals surface area contributed by atoms with E-state index in [0.717, 1.165) is 10.9 Å². The van der Waals surface area contributed by atoms with Crippen LogP contribution < -0.4 is 5.32 Å². The van der Waals surface area contributed by atoms with Crippen molar-refractivity contribution in [2.75, 3.05) is 7.05 Å². The second-order valence-corrected chi connectivity index (χ2v) is 7.96. The van der Waals surface area contributed by atoms with Gasteiger partial charge in [0, 0.05) is 16.4 Å². The van der Waals surface area contributed by atoms with Gasteiger partial charge in [-0.2, -0.15) is 0 Å². The average molecular weight is 340 g/mol. The summed E-state index contributed by atoms with van der Waals surface area (Å²) in [6.45, 7) is 11.0. The first-order valence-corrected chi connectivity index (χ1v) is 8.09. The number of hydrogen-bond donors (Lipinski definition) is 1. The fourth-order valence-corrected chi connectivity index (χ4v) is 4.02. The molecule has 0 aromatic heterocycles. The van der Waals surface area contributed by atoms with Gasteiger partial charge in [0.25, 0.3) is 0 Å². The van der Waals surface area contributed by atoms with E-state index in [-0.39, 0.29) is 11.2 Å². The molecule has 0 radical (unpaired) electrons. The topological polar surface area (TPSA) is 21.3 Å². The minimum Gasteiger partial charge on any atom is -0.369 e. The van der Waals surface area contributed by atoms with Gasteiger partial charge in [-0.25, -0.2) is 0 Å². The third-order valence-electron chi connectivity index (χ3n) is 4.43. The van der Waals surface area contributed by atoms with Gasteiger partial charge in [-0.05, 0) is 71.3 Å². The average Bonchev–Trinajstić information content (AvgIpc) is 2.53. The van der Waals surface area contributed by atoms with Crippen molar-refractivity contribution < 1.29 is 4.74 Å². The molecule has 3 heteroatoms. The summed E-state index contributed by atoms with van der Waals surface area (Å²) in [4.78, 5) is 0. The van der Waals surface area contributed by atoms with Gasteiger partial charge in [0.05, 0.1) is 11.2 Å². The lowest BCUT2D eigenvalue weighted by atomic mass is 9.78. The molecule has 2 rings (SSSR count). The Morgan fingerprint density at radius 1 is 1.30 bits per heavy atom. The van der Waals surface area contributed by atoms with Gasteiger partial charge < -0.3 is 10.1 Å². The van der Waals surface area contributed by atoms with E-state index >= 15 is 0 Å². The van der Waals surface area contributed by atoms with Gasteiger partial charge >= 0.3 is 0 Å². The highest BCUT2D eigenvalue weighted by atomic mass is 79.9. The lowest BCUT2D eigenvalue weighted by Crippen LogP contribution is -2.37. The highest BCUT2D eigenvalue weighted by Gasteiger charge is 2.49. The highest BCUT2D eigenvalue weighted by Crippen LogP contribution is 2.48. The number of benzene rings is 1. The van der Waals surface area contributed by atoms with Gasteiger partial charge in [-0.15, -0.1) is 0 Å². The molecule has 2 nitrogen and oxygen atoms in total. The minimum absolute atomic E-state index is 0.0524. The predicted molar refractivity (Wildman–Crippen MR) is 88.0 cm³/mol. The van der Waals surface area contributed by atoms with E-state index < -0.39 is 0 Å². The summed E-state index contributed by atoms with van der Waals surface area (Å²) in [7, 11) is 2.05. The normalized spacial score (nSPS) is 25.6. The highest BCUT2D eigenvalue weighted by molar-refractivity contribution is 9.10. The van der Waals surface area contributed by atoms with E-state index in [9.17, 15) is 0 Å². The van der Waals surface area contributed by atoms with Crippen molar-refractivity contribution in [1.29, 1.82) is 0 Å². The lowest BCUT2D eigenvalue weighted by Gasteiger charge is -2.34. The molecule has 1 aliphatic rings. The zero-order valence-corrected chi connectivity index (χ0v) is 15.0. The summed E-state index contributed by atoms with van der Waals surface area (Å²) in [6.07, 6.45) is 1.07. The van der Waals surface area contributed by atoms with E-state index in [1.165, 1.54) is 11.1 Å². The summed E-state index contributed by atoms with van der Waals surface area (Å²) in [6, 6.07) is 6.82. The van der Waals surface area contributed by atoms with Gasteiger partial charge in [-0.3, -0.25) is 0 Å². The van der Waals surface area contributed by atoms with Crippen LogP contribution in [0.15, 0.2) is 22.7 Å². The second-order valence-electron chi connectivity index (χ2n) is 7.04. The number of aryl methyl sites for hydroxylation is 1. The number of ether oxygens (including phenoxy) is 1. The summed E-state index contributed by atoms with van der Waals surface area (Å²) in [5.74, 6) is 0.454. The number of hydrogen-bond acceptors (Lipinski definition) is 2. The Morgan fingerprint density at radius 2 is 1.95 bits per heavy atom. The molecule has 1 saturated heterocycles. The maximum absolute atomic E-state index is 6.27. The minimum atomic E-state index is -0.119. The third-order valence-corrected chi connectivity index (χ3v) is 4.93. The maximum atomic E-state index is 6.27. The molecule has 0 spiro atoms. The molecular formula is C17H26BrNO. The largest absolute Gasteiger partial charge is 0.369 e. The van der Waals surface area contributed by atoms with E-state index in [4.69, 9.17) is 4.74 Å². The molecule has 1 N–H and O–H groups in total. The Balaban J connectivity index is 2.40. The van der Waals surface area contributed by atoms with E-state index in [0.29, 0.717) is 12.0 Å². The van der Waals surface area contributed by atoms with E-state index in [1.54, 1.807) is 0 Å². The third kappa shape index (κ3) is 3.10.